The number of nitrogens with zero attached hydrogens (tertiary/aromatic N) is 2. The Morgan fingerprint density at radius 2 is 1.77 bits per heavy atom. The Balaban J connectivity index is 2.19. The number of hydrazone groups is 1. The molecule has 0 bridgehead atoms. The number of hydrogen-bond donors (Lipinski definition) is 1. The molecule has 0 radical (unpaired) electrons. The second-order valence-corrected chi connectivity index (χ2v) is 6.22. The Morgan fingerprint density at radius 3 is 2.41 bits per heavy atom. The fourth-order valence-corrected chi connectivity index (χ4v) is 2.51. The highest BCUT2D eigenvalue weighted by Gasteiger charge is 2.13. The van der Waals surface area contributed by atoms with E-state index in [1.54, 1.807) is 6.07 Å². The summed E-state index contributed by atoms with van der Waals surface area (Å²) < 4.78 is 23.9. The zero-order chi connectivity index (χ0) is 16.2. The van der Waals surface area contributed by atoms with Gasteiger partial charge in [0.25, 0.3) is 15.7 Å². The Morgan fingerprint density at radius 1 is 1.14 bits per heavy atom. The molecule has 2 aromatic carbocycles. The van der Waals surface area contributed by atoms with Crippen LogP contribution in [0.25, 0.3) is 0 Å². The Bertz CT molecular complexity index is 819. The minimum Gasteiger partial charge on any atom is -0.258 e. The average Bonchev–Trinajstić information content (AvgIpc) is 2.48. The zero-order valence-electron chi connectivity index (χ0n) is 11.0. The molecule has 0 fully saturated rings. The molecule has 22 heavy (non-hydrogen) atoms. The van der Waals surface area contributed by atoms with Gasteiger partial charge in [0.15, 0.2) is 0 Å². The lowest BCUT2D eigenvalue weighted by molar-refractivity contribution is -0.385. The van der Waals surface area contributed by atoms with Gasteiger partial charge >= 0.3 is 0 Å². The van der Waals surface area contributed by atoms with E-state index in [-0.39, 0.29) is 16.1 Å². The number of sulfonamides is 1. The van der Waals surface area contributed by atoms with Crippen LogP contribution in [0.4, 0.5) is 5.69 Å². The van der Waals surface area contributed by atoms with E-state index in [0.717, 1.165) is 6.21 Å². The van der Waals surface area contributed by atoms with Gasteiger partial charge in [0.2, 0.25) is 0 Å². The van der Waals surface area contributed by atoms with E-state index in [9.17, 15) is 18.5 Å². The van der Waals surface area contributed by atoms with Crippen molar-refractivity contribution >= 4 is 33.5 Å². The third-order valence-corrected chi connectivity index (χ3v) is 4.12. The van der Waals surface area contributed by atoms with Crippen molar-refractivity contribution in [1.29, 1.82) is 0 Å². The molecule has 7 nitrogen and oxygen atoms in total. The zero-order valence-corrected chi connectivity index (χ0v) is 12.6. The van der Waals surface area contributed by atoms with Gasteiger partial charge in [0.1, 0.15) is 0 Å². The number of hydrogen-bond acceptors (Lipinski definition) is 5. The van der Waals surface area contributed by atoms with E-state index in [2.05, 4.69) is 5.10 Å². The van der Waals surface area contributed by atoms with Crippen LogP contribution in [0.2, 0.25) is 5.02 Å². The average molecular weight is 340 g/mol. The van der Waals surface area contributed by atoms with Crippen molar-refractivity contribution in [3.63, 3.8) is 0 Å². The molecule has 2 rings (SSSR count). The van der Waals surface area contributed by atoms with Crippen molar-refractivity contribution in [2.45, 2.75) is 4.90 Å². The Kier molecular flexibility index (Phi) is 4.74. The summed E-state index contributed by atoms with van der Waals surface area (Å²) in [6, 6.07) is 11.4. The molecule has 2 aromatic rings. The Hall–Kier alpha value is -2.45. The molecular weight excluding hydrogens is 330 g/mol. The fourth-order valence-electron chi connectivity index (χ4n) is 1.59. The first-order valence-electron chi connectivity index (χ1n) is 5.94. The van der Waals surface area contributed by atoms with Crippen LogP contribution in [-0.2, 0) is 10.0 Å². The highest BCUT2D eigenvalue weighted by molar-refractivity contribution is 7.89. The highest BCUT2D eigenvalue weighted by atomic mass is 35.5. The number of benzene rings is 2. The number of rotatable bonds is 5. The molecule has 9 heteroatoms. The molecule has 0 amide bonds. The smallest absolute Gasteiger partial charge is 0.258 e. The predicted octanol–water partition coefficient (Wildman–Crippen LogP) is 2.56. The lowest BCUT2D eigenvalue weighted by atomic mass is 10.2. The van der Waals surface area contributed by atoms with E-state index >= 15 is 0 Å². The van der Waals surface area contributed by atoms with Crippen LogP contribution in [0, 0.1) is 10.1 Å². The first-order chi connectivity index (χ1) is 10.4. The summed E-state index contributed by atoms with van der Waals surface area (Å²) in [6.45, 7) is 0. The van der Waals surface area contributed by atoms with Gasteiger partial charge in [-0.15, -0.1) is 0 Å². The number of nitro groups is 1. The molecule has 0 saturated carbocycles. The largest absolute Gasteiger partial charge is 0.278 e. The topological polar surface area (TPSA) is 102 Å². The van der Waals surface area contributed by atoms with Crippen molar-refractivity contribution in [3.05, 3.63) is 69.2 Å². The van der Waals surface area contributed by atoms with Gasteiger partial charge in [0, 0.05) is 11.1 Å². The second kappa shape index (κ2) is 6.54. The molecule has 0 aromatic heterocycles. The maximum Gasteiger partial charge on any atom is 0.278 e. The van der Waals surface area contributed by atoms with Gasteiger partial charge in [-0.2, -0.15) is 13.5 Å². The summed E-state index contributed by atoms with van der Waals surface area (Å²) in [5, 5.41) is 14.8. The van der Waals surface area contributed by atoms with E-state index in [0.29, 0.717) is 5.02 Å². The van der Waals surface area contributed by atoms with Crippen LogP contribution < -0.4 is 4.83 Å². The van der Waals surface area contributed by atoms with Crippen molar-refractivity contribution in [1.82, 2.24) is 4.83 Å². The molecule has 0 saturated heterocycles. The van der Waals surface area contributed by atoms with Crippen LogP contribution in [0.5, 0.6) is 0 Å². The molecule has 114 valence electrons. The van der Waals surface area contributed by atoms with Crippen LogP contribution in [0.3, 0.4) is 0 Å². The van der Waals surface area contributed by atoms with Crippen molar-refractivity contribution < 1.29 is 13.3 Å². The summed E-state index contributed by atoms with van der Waals surface area (Å²) in [6.07, 6.45) is 1.08. The summed E-state index contributed by atoms with van der Waals surface area (Å²) in [5.41, 5.74) is 0.0169. The molecule has 0 aliphatic carbocycles. The molecular formula is C13H10ClN3O4S. The van der Waals surface area contributed by atoms with E-state index in [1.165, 1.54) is 42.5 Å². The minimum atomic E-state index is -3.86. The maximum absolute atomic E-state index is 12.0. The first kappa shape index (κ1) is 15.9. The lowest BCUT2D eigenvalue weighted by Crippen LogP contribution is -2.18. The second-order valence-electron chi connectivity index (χ2n) is 4.12. The van der Waals surface area contributed by atoms with Crippen LogP contribution in [-0.4, -0.2) is 19.6 Å². The molecule has 0 unspecified atom stereocenters. The third kappa shape index (κ3) is 3.80. The van der Waals surface area contributed by atoms with Gasteiger partial charge in [0.05, 0.1) is 21.6 Å². The van der Waals surface area contributed by atoms with Gasteiger partial charge in [-0.05, 0) is 30.3 Å². The fraction of sp³-hybridized carbons (Fsp3) is 0. The van der Waals surface area contributed by atoms with Crippen molar-refractivity contribution in [2.24, 2.45) is 5.10 Å². The molecule has 0 atom stereocenters. The van der Waals surface area contributed by atoms with E-state index < -0.39 is 14.9 Å². The molecule has 0 aliphatic rings. The monoisotopic (exact) mass is 339 g/mol. The molecule has 0 heterocycles. The third-order valence-electron chi connectivity index (χ3n) is 2.63. The minimum absolute atomic E-state index is 0.0170. The number of nitrogens with one attached hydrogen (secondary N) is 1. The molecule has 1 N–H and O–H groups in total. The Labute approximate surface area is 131 Å². The summed E-state index contributed by atoms with van der Waals surface area (Å²) in [5.74, 6) is 0. The van der Waals surface area contributed by atoms with Gasteiger partial charge in [-0.3, -0.25) is 10.1 Å². The molecule has 0 aliphatic heterocycles. The quantitative estimate of drug-likeness (QED) is 0.513. The van der Waals surface area contributed by atoms with E-state index in [4.69, 9.17) is 11.6 Å². The summed E-state index contributed by atoms with van der Waals surface area (Å²) in [7, 11) is -3.86. The number of halogens is 1. The van der Waals surface area contributed by atoms with Crippen LogP contribution in [0.15, 0.2) is 58.5 Å². The van der Waals surface area contributed by atoms with Gasteiger partial charge in [-0.25, -0.2) is 4.83 Å². The predicted molar refractivity (Wildman–Crippen MR) is 82.5 cm³/mol. The molecule has 0 spiro atoms. The van der Waals surface area contributed by atoms with Crippen LogP contribution >= 0.6 is 11.6 Å². The number of nitro benzene ring substituents is 1. The summed E-state index contributed by atoms with van der Waals surface area (Å²) >= 11 is 5.68. The lowest BCUT2D eigenvalue weighted by Gasteiger charge is -2.03. The van der Waals surface area contributed by atoms with Crippen LogP contribution in [0.1, 0.15) is 5.56 Å². The van der Waals surface area contributed by atoms with Crippen molar-refractivity contribution in [2.75, 3.05) is 0 Å². The number of para-hydroxylation sites is 1. The standard InChI is InChI=1S/C13H10ClN3O4S/c14-11-5-7-12(8-6-11)22(20,21)16-15-9-10-3-1-2-4-13(10)17(18)19/h1-9,16H/b15-9-. The SMILES string of the molecule is O=[N+]([O-])c1ccccc1/C=N\NS(=O)(=O)c1ccc(Cl)cc1. The van der Waals surface area contributed by atoms with Gasteiger partial charge < -0.3 is 0 Å². The van der Waals surface area contributed by atoms with Crippen molar-refractivity contribution in [3.8, 4) is 0 Å². The van der Waals surface area contributed by atoms with E-state index in [1.807, 2.05) is 4.83 Å². The van der Waals surface area contributed by atoms with Gasteiger partial charge in [-0.1, -0.05) is 23.7 Å². The first-order valence-corrected chi connectivity index (χ1v) is 7.80. The highest BCUT2D eigenvalue weighted by Crippen LogP contribution is 2.16. The maximum atomic E-state index is 12.0. The normalized spacial score (nSPS) is 11.5. The summed E-state index contributed by atoms with van der Waals surface area (Å²) in [4.78, 5) is 12.2.